The van der Waals surface area contributed by atoms with Gasteiger partial charge in [-0.25, -0.2) is 17.7 Å². The van der Waals surface area contributed by atoms with E-state index in [4.69, 9.17) is 5.11 Å². The lowest BCUT2D eigenvalue weighted by molar-refractivity contribution is -0.136. The molecule has 0 atom stereocenters. The van der Waals surface area contributed by atoms with E-state index in [2.05, 4.69) is 10.3 Å². The first-order valence-corrected chi connectivity index (χ1v) is 11.0. The Bertz CT molecular complexity index is 954. The number of hydrogen-bond acceptors (Lipinski definition) is 7. The number of aliphatic carboxylic acids is 1. The van der Waals surface area contributed by atoms with Crippen molar-refractivity contribution in [3.8, 4) is 0 Å². The summed E-state index contributed by atoms with van der Waals surface area (Å²) in [5.41, 5.74) is 1.62. The fourth-order valence-corrected chi connectivity index (χ4v) is 4.58. The number of anilines is 1. The van der Waals surface area contributed by atoms with E-state index >= 15 is 0 Å². The van der Waals surface area contributed by atoms with Crippen LogP contribution in [0.3, 0.4) is 0 Å². The van der Waals surface area contributed by atoms with Gasteiger partial charge in [0.25, 0.3) is 0 Å². The van der Waals surface area contributed by atoms with Gasteiger partial charge in [0.1, 0.15) is 0 Å². The van der Waals surface area contributed by atoms with Gasteiger partial charge in [-0.15, -0.1) is 11.3 Å². The van der Waals surface area contributed by atoms with E-state index in [1.807, 2.05) is 0 Å². The molecule has 1 aromatic heterocycles. The number of carbonyl (C=O) groups is 2. The number of nitrogens with one attached hydrogen (secondary N) is 1. The van der Waals surface area contributed by atoms with E-state index in [1.54, 1.807) is 18.4 Å². The van der Waals surface area contributed by atoms with Crippen LogP contribution in [0.25, 0.3) is 0 Å². The summed E-state index contributed by atoms with van der Waals surface area (Å²) < 4.78 is 26.2. The molecule has 0 radical (unpaired) electrons. The fourth-order valence-electron chi connectivity index (χ4n) is 2.01. The number of aryl methyl sites for hydroxylation is 1. The molecule has 2 aromatic rings. The zero-order valence-electron chi connectivity index (χ0n) is 14.9. The second-order valence-electron chi connectivity index (χ2n) is 5.78. The highest BCUT2D eigenvalue weighted by Crippen LogP contribution is 2.25. The summed E-state index contributed by atoms with van der Waals surface area (Å²) in [6.45, 7) is 1.77. The number of carboxylic acid groups (broad SMARTS) is 1. The van der Waals surface area contributed by atoms with Crippen molar-refractivity contribution < 1.29 is 23.1 Å². The normalized spacial score (nSPS) is 11.6. The van der Waals surface area contributed by atoms with Crippen LogP contribution in [0.5, 0.6) is 0 Å². The van der Waals surface area contributed by atoms with Crippen LogP contribution in [0.15, 0.2) is 32.8 Å². The highest BCUT2D eigenvalue weighted by molar-refractivity contribution is 8.01. The van der Waals surface area contributed by atoms with Crippen LogP contribution in [0.2, 0.25) is 0 Å². The van der Waals surface area contributed by atoms with Gasteiger partial charge in [0, 0.05) is 25.2 Å². The fraction of sp³-hybridized carbons (Fsp3) is 0.312. The van der Waals surface area contributed by atoms with Gasteiger partial charge in [-0.2, -0.15) is 0 Å². The number of benzene rings is 1. The molecule has 2 N–H and O–H groups in total. The summed E-state index contributed by atoms with van der Waals surface area (Å²) in [4.78, 5) is 27.1. The lowest BCUT2D eigenvalue weighted by Gasteiger charge is -2.14. The number of rotatable bonds is 8. The van der Waals surface area contributed by atoms with E-state index in [9.17, 15) is 18.0 Å². The lowest BCUT2D eigenvalue weighted by Crippen LogP contribution is -2.22. The summed E-state index contributed by atoms with van der Waals surface area (Å²) in [5.74, 6) is -1.19. The number of carbonyl (C=O) groups excluding carboxylic acids is 1. The maximum absolute atomic E-state index is 12.2. The third-order valence-electron chi connectivity index (χ3n) is 3.45. The van der Waals surface area contributed by atoms with Gasteiger partial charge < -0.3 is 10.4 Å². The maximum Gasteiger partial charge on any atom is 0.309 e. The molecule has 0 bridgehead atoms. The third-order valence-corrected chi connectivity index (χ3v) is 7.33. The predicted molar refractivity (Wildman–Crippen MR) is 105 cm³/mol. The van der Waals surface area contributed by atoms with Gasteiger partial charge in [0.2, 0.25) is 15.9 Å². The van der Waals surface area contributed by atoms with Crippen LogP contribution in [0, 0.1) is 6.92 Å². The van der Waals surface area contributed by atoms with E-state index in [1.165, 1.54) is 49.3 Å². The summed E-state index contributed by atoms with van der Waals surface area (Å²) >= 11 is 2.47. The Morgan fingerprint density at radius 3 is 2.67 bits per heavy atom. The molecular weight excluding hydrogens is 410 g/mol. The number of aromatic nitrogens is 1. The molecule has 2 rings (SSSR count). The van der Waals surface area contributed by atoms with Gasteiger partial charge in [-0.05, 0) is 24.6 Å². The Hall–Kier alpha value is -1.95. The largest absolute Gasteiger partial charge is 0.481 e. The monoisotopic (exact) mass is 429 g/mol. The molecule has 1 heterocycles. The number of nitrogens with zero attached hydrogens (tertiary/aromatic N) is 2. The van der Waals surface area contributed by atoms with Crippen molar-refractivity contribution in [2.45, 2.75) is 22.6 Å². The van der Waals surface area contributed by atoms with Crippen LogP contribution in [-0.2, 0) is 26.0 Å². The van der Waals surface area contributed by atoms with Crippen molar-refractivity contribution in [1.82, 2.24) is 9.29 Å². The molecule has 11 heteroatoms. The number of sulfonamides is 1. The highest BCUT2D eigenvalue weighted by atomic mass is 32.2. The molecule has 8 nitrogen and oxygen atoms in total. The maximum atomic E-state index is 12.2. The van der Waals surface area contributed by atoms with Crippen molar-refractivity contribution in [2.75, 3.05) is 25.2 Å². The second kappa shape index (κ2) is 8.83. The quantitative estimate of drug-likeness (QED) is 0.617. The molecule has 0 saturated heterocycles. The Balaban J connectivity index is 2.03. The molecule has 0 unspecified atom stereocenters. The average Bonchev–Trinajstić information content (AvgIpc) is 3.01. The first kappa shape index (κ1) is 21.4. The third kappa shape index (κ3) is 5.76. The van der Waals surface area contributed by atoms with Gasteiger partial charge in [0.05, 0.1) is 22.8 Å². The molecule has 0 aliphatic rings. The predicted octanol–water partition coefficient (Wildman–Crippen LogP) is 2.06. The highest BCUT2D eigenvalue weighted by Gasteiger charge is 2.19. The first-order valence-electron chi connectivity index (χ1n) is 7.71. The number of thiazole rings is 1. The van der Waals surface area contributed by atoms with Crippen LogP contribution < -0.4 is 5.32 Å². The zero-order chi connectivity index (χ0) is 20.2. The summed E-state index contributed by atoms with van der Waals surface area (Å²) in [7, 11) is -0.712. The first-order chi connectivity index (χ1) is 12.6. The second-order valence-corrected chi connectivity index (χ2v) is 10.0. The average molecular weight is 430 g/mol. The SMILES string of the molecule is Cc1ccc(S(=O)(=O)N(C)C)cc1NC(=O)CSc1nc(CC(=O)O)cs1. The Morgan fingerprint density at radius 1 is 1.33 bits per heavy atom. The van der Waals surface area contributed by atoms with Gasteiger partial charge >= 0.3 is 5.97 Å². The number of thioether (sulfide) groups is 1. The summed E-state index contributed by atoms with van der Waals surface area (Å²) in [6.07, 6.45) is -0.157. The summed E-state index contributed by atoms with van der Waals surface area (Å²) in [6, 6.07) is 4.56. The van der Waals surface area contributed by atoms with Crippen molar-refractivity contribution >= 4 is 50.7 Å². The molecule has 1 amide bonds. The van der Waals surface area contributed by atoms with E-state index < -0.39 is 16.0 Å². The molecule has 0 spiro atoms. The van der Waals surface area contributed by atoms with Crippen LogP contribution in [0.4, 0.5) is 5.69 Å². The minimum atomic E-state index is -3.59. The summed E-state index contributed by atoms with van der Waals surface area (Å²) in [5, 5.41) is 13.1. The molecule has 0 aliphatic carbocycles. The van der Waals surface area contributed by atoms with Crippen LogP contribution >= 0.6 is 23.1 Å². The topological polar surface area (TPSA) is 117 Å². The molecule has 0 aliphatic heterocycles. The van der Waals surface area contributed by atoms with Crippen molar-refractivity contribution in [3.05, 3.63) is 34.8 Å². The number of carboxylic acids is 1. The minimum Gasteiger partial charge on any atom is -0.481 e. The Kier molecular flexibility index (Phi) is 6.98. The molecule has 0 saturated carbocycles. The number of hydrogen-bond donors (Lipinski definition) is 2. The van der Waals surface area contributed by atoms with E-state index in [0.717, 1.165) is 9.87 Å². The van der Waals surface area contributed by atoms with E-state index in [0.29, 0.717) is 15.7 Å². The minimum absolute atomic E-state index is 0.0735. The van der Waals surface area contributed by atoms with Crippen molar-refractivity contribution in [2.24, 2.45) is 0 Å². The standard InChI is InChI=1S/C16H19N3O5S3/c1-10-4-5-12(27(23,24)19(2)3)7-13(10)18-14(20)9-26-16-17-11(8-25-16)6-15(21)22/h4-5,7-8H,6,9H2,1-3H3,(H,18,20)(H,21,22). The van der Waals surface area contributed by atoms with E-state index in [-0.39, 0.29) is 23.0 Å². The van der Waals surface area contributed by atoms with Gasteiger partial charge in [0.15, 0.2) is 4.34 Å². The Labute approximate surface area is 165 Å². The van der Waals surface area contributed by atoms with Crippen molar-refractivity contribution in [3.63, 3.8) is 0 Å². The van der Waals surface area contributed by atoms with Crippen LogP contribution in [0.1, 0.15) is 11.3 Å². The molecular formula is C16H19N3O5S3. The van der Waals surface area contributed by atoms with Crippen molar-refractivity contribution in [1.29, 1.82) is 0 Å². The Morgan fingerprint density at radius 2 is 2.04 bits per heavy atom. The smallest absolute Gasteiger partial charge is 0.309 e. The van der Waals surface area contributed by atoms with Gasteiger partial charge in [-0.1, -0.05) is 17.8 Å². The van der Waals surface area contributed by atoms with Crippen LogP contribution in [-0.4, -0.2) is 54.5 Å². The molecule has 1 aromatic carbocycles. The van der Waals surface area contributed by atoms with Gasteiger partial charge in [-0.3, -0.25) is 9.59 Å². The number of amides is 1. The molecule has 146 valence electrons. The zero-order valence-corrected chi connectivity index (χ0v) is 17.4. The molecule has 27 heavy (non-hydrogen) atoms. The lowest BCUT2D eigenvalue weighted by atomic mass is 10.2. The molecule has 0 fully saturated rings.